The molecule has 0 saturated heterocycles. The second-order valence-corrected chi connectivity index (χ2v) is 8.64. The summed E-state index contributed by atoms with van der Waals surface area (Å²) >= 11 is 5.96. The summed E-state index contributed by atoms with van der Waals surface area (Å²) < 4.78 is 25.0. The lowest BCUT2D eigenvalue weighted by molar-refractivity contribution is 0.0937. The molecule has 1 atom stereocenters. The lowest BCUT2D eigenvalue weighted by Gasteiger charge is -2.15. The molecular weight excluding hydrogens is 416 g/mol. The van der Waals surface area contributed by atoms with Gasteiger partial charge in [0.05, 0.1) is 22.6 Å². The molecule has 148 valence electrons. The second kappa shape index (κ2) is 7.98. The van der Waals surface area contributed by atoms with Gasteiger partial charge < -0.3 is 5.32 Å². The molecule has 1 aromatic carbocycles. The summed E-state index contributed by atoms with van der Waals surface area (Å²) in [7, 11) is -3.53. The van der Waals surface area contributed by atoms with Gasteiger partial charge in [-0.15, -0.1) is 0 Å². The minimum atomic E-state index is -3.53. The van der Waals surface area contributed by atoms with Crippen LogP contribution in [0.3, 0.4) is 0 Å². The van der Waals surface area contributed by atoms with Gasteiger partial charge in [0.25, 0.3) is 5.91 Å². The summed E-state index contributed by atoms with van der Waals surface area (Å²) in [6.07, 6.45) is 3.81. The Hall–Kier alpha value is -3.29. The Labute approximate surface area is 171 Å². The molecule has 29 heavy (non-hydrogen) atoms. The average molecular weight is 431 g/mol. The van der Waals surface area contributed by atoms with Crippen molar-refractivity contribution in [1.82, 2.24) is 25.1 Å². The van der Waals surface area contributed by atoms with E-state index in [4.69, 9.17) is 16.9 Å². The van der Waals surface area contributed by atoms with E-state index >= 15 is 0 Å². The van der Waals surface area contributed by atoms with Crippen LogP contribution in [-0.4, -0.2) is 40.3 Å². The number of hydrogen-bond donors (Lipinski definition) is 1. The van der Waals surface area contributed by atoms with Crippen molar-refractivity contribution in [3.63, 3.8) is 0 Å². The molecule has 1 N–H and O–H groups in total. The molecule has 0 spiro atoms. The molecule has 2 aromatic heterocycles. The van der Waals surface area contributed by atoms with Gasteiger partial charge in [0.2, 0.25) is 0 Å². The van der Waals surface area contributed by atoms with Gasteiger partial charge in [-0.2, -0.15) is 15.0 Å². The molecule has 1 amide bonds. The Kier molecular flexibility index (Phi) is 5.63. The van der Waals surface area contributed by atoms with E-state index in [1.54, 1.807) is 19.1 Å². The van der Waals surface area contributed by atoms with E-state index in [1.807, 2.05) is 6.07 Å². The molecule has 0 bridgehead atoms. The minimum absolute atomic E-state index is 0.0523. The topological polar surface area (TPSA) is 131 Å². The van der Waals surface area contributed by atoms with Gasteiger partial charge >= 0.3 is 0 Å². The van der Waals surface area contributed by atoms with E-state index in [-0.39, 0.29) is 15.5 Å². The van der Waals surface area contributed by atoms with E-state index in [0.29, 0.717) is 17.2 Å². The fourth-order valence-electron chi connectivity index (χ4n) is 2.58. The monoisotopic (exact) mass is 430 g/mol. The van der Waals surface area contributed by atoms with Crippen LogP contribution >= 0.6 is 11.6 Å². The van der Waals surface area contributed by atoms with Crippen LogP contribution in [-0.2, 0) is 9.84 Å². The number of nitrogens with one attached hydrogen (secondary N) is 1. The Morgan fingerprint density at radius 3 is 2.72 bits per heavy atom. The van der Waals surface area contributed by atoms with Crippen LogP contribution < -0.4 is 5.32 Å². The molecule has 0 fully saturated rings. The highest BCUT2D eigenvalue weighted by molar-refractivity contribution is 7.90. The predicted molar refractivity (Wildman–Crippen MR) is 104 cm³/mol. The van der Waals surface area contributed by atoms with Crippen molar-refractivity contribution in [3.05, 3.63) is 64.8 Å². The molecular formula is C18H15ClN6O3S. The molecule has 0 unspecified atom stereocenters. The van der Waals surface area contributed by atoms with Crippen LogP contribution in [0.15, 0.2) is 47.8 Å². The number of halogens is 1. The van der Waals surface area contributed by atoms with Crippen LogP contribution in [0.1, 0.15) is 34.7 Å². The van der Waals surface area contributed by atoms with Crippen molar-refractivity contribution in [2.24, 2.45) is 0 Å². The molecule has 0 radical (unpaired) electrons. The van der Waals surface area contributed by atoms with Gasteiger partial charge in [0, 0.05) is 29.1 Å². The number of amides is 1. The van der Waals surface area contributed by atoms with Crippen LogP contribution in [0.4, 0.5) is 0 Å². The van der Waals surface area contributed by atoms with Crippen LogP contribution in [0.25, 0.3) is 5.82 Å². The smallest absolute Gasteiger partial charge is 0.251 e. The minimum Gasteiger partial charge on any atom is -0.342 e. The summed E-state index contributed by atoms with van der Waals surface area (Å²) in [5, 5.41) is 16.0. The zero-order chi connectivity index (χ0) is 21.2. The largest absolute Gasteiger partial charge is 0.342 e. The van der Waals surface area contributed by atoms with Gasteiger partial charge in [-0.3, -0.25) is 4.79 Å². The van der Waals surface area contributed by atoms with E-state index in [9.17, 15) is 13.2 Å². The van der Waals surface area contributed by atoms with Crippen molar-refractivity contribution >= 4 is 27.3 Å². The number of aromatic nitrogens is 4. The van der Waals surface area contributed by atoms with Crippen molar-refractivity contribution in [2.45, 2.75) is 17.9 Å². The molecule has 3 rings (SSSR count). The molecule has 0 aliphatic rings. The van der Waals surface area contributed by atoms with Gasteiger partial charge in [0.1, 0.15) is 6.33 Å². The summed E-state index contributed by atoms with van der Waals surface area (Å²) in [5.74, 6) is 0.226. The first kappa shape index (κ1) is 20.4. The zero-order valence-electron chi connectivity index (χ0n) is 15.4. The van der Waals surface area contributed by atoms with Gasteiger partial charge in [-0.1, -0.05) is 11.6 Å². The van der Waals surface area contributed by atoms with Crippen LogP contribution in [0, 0.1) is 11.3 Å². The number of carbonyl (C=O) groups is 1. The fourth-order valence-corrected chi connectivity index (χ4v) is 3.56. The van der Waals surface area contributed by atoms with Crippen molar-refractivity contribution in [3.8, 4) is 11.9 Å². The molecule has 0 saturated carbocycles. The first-order chi connectivity index (χ1) is 13.7. The molecule has 3 aromatic rings. The maximum atomic E-state index is 12.6. The summed E-state index contributed by atoms with van der Waals surface area (Å²) in [6.45, 7) is 1.69. The van der Waals surface area contributed by atoms with Crippen molar-refractivity contribution in [1.29, 1.82) is 5.26 Å². The number of rotatable bonds is 5. The number of nitriles is 1. The first-order valence-corrected chi connectivity index (χ1v) is 10.5. The lowest BCUT2D eigenvalue weighted by atomic mass is 10.2. The highest BCUT2D eigenvalue weighted by Crippen LogP contribution is 2.20. The Balaban J connectivity index is 1.88. The zero-order valence-corrected chi connectivity index (χ0v) is 16.9. The molecule has 11 heteroatoms. The second-order valence-electron chi connectivity index (χ2n) is 6.19. The van der Waals surface area contributed by atoms with Crippen molar-refractivity contribution in [2.75, 3.05) is 6.26 Å². The van der Waals surface area contributed by atoms with Crippen molar-refractivity contribution < 1.29 is 13.2 Å². The normalized spacial score (nSPS) is 12.2. The highest BCUT2D eigenvalue weighted by Gasteiger charge is 2.20. The lowest BCUT2D eigenvalue weighted by Crippen LogP contribution is -2.29. The highest BCUT2D eigenvalue weighted by atomic mass is 35.5. The van der Waals surface area contributed by atoms with E-state index < -0.39 is 21.8 Å². The average Bonchev–Trinajstić information content (AvgIpc) is 3.17. The predicted octanol–water partition coefficient (Wildman–Crippen LogP) is 2.08. The molecule has 9 nitrogen and oxygen atoms in total. The Morgan fingerprint density at radius 2 is 2.03 bits per heavy atom. The maximum Gasteiger partial charge on any atom is 0.251 e. The molecule has 0 aliphatic carbocycles. The Bertz CT molecular complexity index is 1230. The number of pyridine rings is 1. The summed E-state index contributed by atoms with van der Waals surface area (Å²) in [6, 6.07) is 8.44. The maximum absolute atomic E-state index is 12.6. The number of sulfone groups is 1. The third-order valence-corrected chi connectivity index (χ3v) is 5.27. The SMILES string of the molecule is C[C@H](NC(=O)c1cc(Cl)cc(S(C)(=O)=O)c1)c1ncnn1-c1cc(C#N)ccn1. The van der Waals surface area contributed by atoms with Gasteiger partial charge in [-0.05, 0) is 31.2 Å². The fraction of sp³-hybridized carbons (Fsp3) is 0.167. The van der Waals surface area contributed by atoms with E-state index in [0.717, 1.165) is 6.26 Å². The number of nitrogens with zero attached hydrogens (tertiary/aromatic N) is 5. The molecule has 0 aliphatic heterocycles. The standard InChI is InChI=1S/C18H15ClN6O3S/c1-11(17-22-10-23-25(17)16-5-12(9-20)3-4-21-16)24-18(26)13-6-14(19)8-15(7-13)29(2,27)28/h3-8,10-11H,1-2H3,(H,24,26)/t11-/m0/s1. The summed E-state index contributed by atoms with van der Waals surface area (Å²) in [5.41, 5.74) is 0.501. The Morgan fingerprint density at radius 1 is 1.28 bits per heavy atom. The van der Waals surface area contributed by atoms with Crippen LogP contribution in [0.2, 0.25) is 5.02 Å². The quantitative estimate of drug-likeness (QED) is 0.655. The third kappa shape index (κ3) is 4.59. The van der Waals surface area contributed by atoms with Crippen LogP contribution in [0.5, 0.6) is 0 Å². The van der Waals surface area contributed by atoms with Gasteiger partial charge in [0.15, 0.2) is 21.5 Å². The third-order valence-electron chi connectivity index (χ3n) is 3.96. The number of hydrogen-bond acceptors (Lipinski definition) is 7. The summed E-state index contributed by atoms with van der Waals surface area (Å²) in [4.78, 5) is 20.9. The molecule has 2 heterocycles. The van der Waals surface area contributed by atoms with E-state index in [2.05, 4.69) is 20.4 Å². The number of benzene rings is 1. The van der Waals surface area contributed by atoms with E-state index in [1.165, 1.54) is 35.4 Å². The van der Waals surface area contributed by atoms with Gasteiger partial charge in [-0.25, -0.2) is 18.4 Å². The first-order valence-electron chi connectivity index (χ1n) is 8.27. The number of carbonyl (C=O) groups excluding carboxylic acids is 1.